The van der Waals surface area contributed by atoms with Crippen molar-refractivity contribution in [2.45, 2.75) is 37.3 Å². The third-order valence-corrected chi connectivity index (χ3v) is 4.73. The summed E-state index contributed by atoms with van der Waals surface area (Å²) >= 11 is 0. The fraction of sp³-hybridized carbons (Fsp3) is 0.389. The number of hydrogen-bond acceptors (Lipinski definition) is 3. The number of halogens is 2. The lowest BCUT2D eigenvalue weighted by Crippen LogP contribution is -2.32. The minimum atomic E-state index is -0.766. The SMILES string of the molecule is O=C(c1ccoc1C1CC1)N1C[C@H](O)C[C@H]1c1cc(F)ccc1F. The quantitative estimate of drug-likeness (QED) is 0.937. The maximum atomic E-state index is 14.1. The molecule has 0 spiro atoms. The summed E-state index contributed by atoms with van der Waals surface area (Å²) < 4.78 is 33.1. The molecule has 4 nitrogen and oxygen atoms in total. The van der Waals surface area contributed by atoms with Gasteiger partial charge in [0.05, 0.1) is 24.0 Å². The molecule has 2 fully saturated rings. The Morgan fingerprint density at radius 3 is 2.79 bits per heavy atom. The van der Waals surface area contributed by atoms with Gasteiger partial charge in [0.1, 0.15) is 17.4 Å². The van der Waals surface area contributed by atoms with E-state index in [1.54, 1.807) is 6.07 Å². The van der Waals surface area contributed by atoms with E-state index in [0.29, 0.717) is 11.3 Å². The molecule has 6 heteroatoms. The van der Waals surface area contributed by atoms with Crippen molar-refractivity contribution >= 4 is 5.91 Å². The van der Waals surface area contributed by atoms with Crippen LogP contribution in [0.15, 0.2) is 34.9 Å². The van der Waals surface area contributed by atoms with Gasteiger partial charge in [-0.05, 0) is 43.5 Å². The van der Waals surface area contributed by atoms with Crippen molar-refractivity contribution in [2.24, 2.45) is 0 Å². The van der Waals surface area contributed by atoms with Crippen LogP contribution in [0.5, 0.6) is 0 Å². The van der Waals surface area contributed by atoms with Crippen LogP contribution in [0.3, 0.4) is 0 Å². The van der Waals surface area contributed by atoms with Gasteiger partial charge in [-0.25, -0.2) is 8.78 Å². The van der Waals surface area contributed by atoms with Gasteiger partial charge in [0.15, 0.2) is 0 Å². The third-order valence-electron chi connectivity index (χ3n) is 4.73. The van der Waals surface area contributed by atoms with Gasteiger partial charge in [-0.1, -0.05) is 0 Å². The Balaban J connectivity index is 1.68. The third kappa shape index (κ3) is 2.60. The Kier molecular flexibility index (Phi) is 3.64. The number of aliphatic hydroxyl groups excluding tert-OH is 1. The molecule has 1 amide bonds. The molecule has 2 aliphatic rings. The zero-order chi connectivity index (χ0) is 16.8. The lowest BCUT2D eigenvalue weighted by atomic mass is 10.0. The van der Waals surface area contributed by atoms with Gasteiger partial charge in [0.25, 0.3) is 5.91 Å². The van der Waals surface area contributed by atoms with Crippen LogP contribution in [0.25, 0.3) is 0 Å². The van der Waals surface area contributed by atoms with Crippen LogP contribution >= 0.6 is 0 Å². The molecule has 1 aliphatic heterocycles. The lowest BCUT2D eigenvalue weighted by molar-refractivity contribution is 0.0711. The predicted octanol–water partition coefficient (Wildman–Crippen LogP) is 3.38. The Morgan fingerprint density at radius 2 is 2.04 bits per heavy atom. The van der Waals surface area contributed by atoms with Crippen LogP contribution in [0, 0.1) is 11.6 Å². The molecule has 2 atom stereocenters. The second-order valence-corrected chi connectivity index (χ2v) is 6.50. The molecule has 1 aliphatic carbocycles. The van der Waals surface area contributed by atoms with E-state index in [2.05, 4.69) is 0 Å². The van der Waals surface area contributed by atoms with Crippen molar-refractivity contribution in [3.63, 3.8) is 0 Å². The first kappa shape index (κ1) is 15.3. The van der Waals surface area contributed by atoms with Crippen LogP contribution in [-0.4, -0.2) is 28.6 Å². The largest absolute Gasteiger partial charge is 0.468 e. The van der Waals surface area contributed by atoms with Crippen molar-refractivity contribution in [3.8, 4) is 0 Å². The Hall–Kier alpha value is -2.21. The summed E-state index contributed by atoms with van der Waals surface area (Å²) in [7, 11) is 0. The minimum Gasteiger partial charge on any atom is -0.468 e. The maximum absolute atomic E-state index is 14.1. The molecule has 1 saturated carbocycles. The highest BCUT2D eigenvalue weighted by Crippen LogP contribution is 2.43. The van der Waals surface area contributed by atoms with Gasteiger partial charge in [0, 0.05) is 18.0 Å². The number of amides is 1. The van der Waals surface area contributed by atoms with Gasteiger partial charge in [-0.15, -0.1) is 0 Å². The highest BCUT2D eigenvalue weighted by atomic mass is 19.1. The number of likely N-dealkylation sites (tertiary alicyclic amines) is 1. The van der Waals surface area contributed by atoms with Crippen LogP contribution in [0.2, 0.25) is 0 Å². The Bertz CT molecular complexity index is 784. The summed E-state index contributed by atoms with van der Waals surface area (Å²) in [6.07, 6.45) is 2.86. The van der Waals surface area contributed by atoms with E-state index in [-0.39, 0.29) is 30.4 Å². The van der Waals surface area contributed by atoms with Gasteiger partial charge in [-0.3, -0.25) is 4.79 Å². The minimum absolute atomic E-state index is 0.0920. The summed E-state index contributed by atoms with van der Waals surface area (Å²) in [6.45, 7) is 0.0920. The molecule has 4 rings (SSSR count). The van der Waals surface area contributed by atoms with E-state index in [1.165, 1.54) is 11.2 Å². The molecule has 2 aromatic rings. The normalized spacial score (nSPS) is 23.7. The maximum Gasteiger partial charge on any atom is 0.258 e. The van der Waals surface area contributed by atoms with Crippen LogP contribution in [0.1, 0.15) is 52.9 Å². The van der Waals surface area contributed by atoms with Crippen molar-refractivity contribution in [2.75, 3.05) is 6.54 Å². The molecule has 0 unspecified atom stereocenters. The zero-order valence-corrected chi connectivity index (χ0v) is 12.9. The summed E-state index contributed by atoms with van der Waals surface area (Å²) in [5, 5.41) is 10.00. The van der Waals surface area contributed by atoms with E-state index < -0.39 is 23.8 Å². The molecular weight excluding hydrogens is 316 g/mol. The average molecular weight is 333 g/mol. The van der Waals surface area contributed by atoms with E-state index >= 15 is 0 Å². The van der Waals surface area contributed by atoms with Crippen molar-refractivity contribution in [1.29, 1.82) is 0 Å². The summed E-state index contributed by atoms with van der Waals surface area (Å²) in [5.74, 6) is -0.545. The molecule has 1 aromatic heterocycles. The zero-order valence-electron chi connectivity index (χ0n) is 12.9. The topological polar surface area (TPSA) is 53.7 Å². The fourth-order valence-electron chi connectivity index (χ4n) is 3.42. The number of β-amino-alcohol motifs (C(OH)–C–C–N with tert-alkyl or cyclic N) is 1. The molecule has 1 saturated heterocycles. The molecular formula is C18H17F2NO3. The molecule has 0 radical (unpaired) electrons. The lowest BCUT2D eigenvalue weighted by Gasteiger charge is -2.25. The average Bonchev–Trinajstić information content (AvgIpc) is 3.15. The van der Waals surface area contributed by atoms with Gasteiger partial charge >= 0.3 is 0 Å². The molecule has 126 valence electrons. The first-order valence-electron chi connectivity index (χ1n) is 8.06. The second kappa shape index (κ2) is 5.70. The summed E-state index contributed by atoms with van der Waals surface area (Å²) in [4.78, 5) is 14.3. The van der Waals surface area contributed by atoms with E-state index in [4.69, 9.17) is 4.42 Å². The highest BCUT2D eigenvalue weighted by Gasteiger charge is 2.40. The fourth-order valence-corrected chi connectivity index (χ4v) is 3.42. The van der Waals surface area contributed by atoms with E-state index in [9.17, 15) is 18.7 Å². The number of carbonyl (C=O) groups is 1. The standard InChI is InChI=1S/C18H17F2NO3/c19-11-3-4-15(20)14(7-11)16-8-12(22)9-21(16)18(23)13-5-6-24-17(13)10-1-2-10/h3-7,10,12,16,22H,1-2,8-9H2/t12-,16+/m1/s1. The van der Waals surface area contributed by atoms with Crippen molar-refractivity contribution in [3.05, 3.63) is 59.1 Å². The second-order valence-electron chi connectivity index (χ2n) is 6.50. The predicted molar refractivity (Wildman–Crippen MR) is 81.4 cm³/mol. The van der Waals surface area contributed by atoms with Crippen molar-refractivity contribution in [1.82, 2.24) is 4.90 Å². The number of aliphatic hydroxyl groups is 1. The smallest absolute Gasteiger partial charge is 0.258 e. The number of furan rings is 1. The number of rotatable bonds is 3. The van der Waals surface area contributed by atoms with Gasteiger partial charge in [-0.2, -0.15) is 0 Å². The van der Waals surface area contributed by atoms with Crippen LogP contribution in [0.4, 0.5) is 8.78 Å². The molecule has 0 bridgehead atoms. The van der Waals surface area contributed by atoms with Crippen LogP contribution < -0.4 is 0 Å². The number of benzene rings is 1. The summed E-state index contributed by atoms with van der Waals surface area (Å²) in [5.41, 5.74) is 0.546. The van der Waals surface area contributed by atoms with E-state index in [1.807, 2.05) is 0 Å². The van der Waals surface area contributed by atoms with Gasteiger partial charge < -0.3 is 14.4 Å². The molecule has 1 aromatic carbocycles. The number of nitrogens with zero attached hydrogens (tertiary/aromatic N) is 1. The van der Waals surface area contributed by atoms with Crippen LogP contribution in [-0.2, 0) is 0 Å². The Morgan fingerprint density at radius 1 is 1.25 bits per heavy atom. The first-order chi connectivity index (χ1) is 11.5. The monoisotopic (exact) mass is 333 g/mol. The molecule has 1 N–H and O–H groups in total. The molecule has 2 heterocycles. The molecule has 24 heavy (non-hydrogen) atoms. The number of carbonyl (C=O) groups excluding carboxylic acids is 1. The van der Waals surface area contributed by atoms with Crippen molar-refractivity contribution < 1.29 is 23.1 Å². The Labute approximate surface area is 137 Å². The highest BCUT2D eigenvalue weighted by molar-refractivity contribution is 5.96. The summed E-state index contributed by atoms with van der Waals surface area (Å²) in [6, 6.07) is 4.10. The number of hydrogen-bond donors (Lipinski definition) is 1. The van der Waals surface area contributed by atoms with Gasteiger partial charge in [0.2, 0.25) is 0 Å². The van der Waals surface area contributed by atoms with E-state index in [0.717, 1.165) is 31.0 Å². The first-order valence-corrected chi connectivity index (χ1v) is 8.06.